The smallest absolute Gasteiger partial charge is 0.191 e. The van der Waals surface area contributed by atoms with Crippen LogP contribution in [0.5, 0.6) is 0 Å². The molecule has 0 saturated carbocycles. The molecule has 8 heteroatoms. The lowest BCUT2D eigenvalue weighted by Crippen LogP contribution is -2.38. The minimum atomic E-state index is 0. The van der Waals surface area contributed by atoms with Crippen LogP contribution in [0.3, 0.4) is 0 Å². The Morgan fingerprint density at radius 1 is 0.969 bits per heavy atom. The van der Waals surface area contributed by atoms with E-state index in [1.54, 1.807) is 0 Å². The number of nitrogens with one attached hydrogen (secondary N) is 2. The zero-order valence-electron chi connectivity index (χ0n) is 18.8. The summed E-state index contributed by atoms with van der Waals surface area (Å²) in [4.78, 5) is 7.31. The van der Waals surface area contributed by atoms with E-state index in [9.17, 15) is 0 Å². The third kappa shape index (κ3) is 6.90. The summed E-state index contributed by atoms with van der Waals surface area (Å²) in [6, 6.07) is 14.8. The SMILES string of the molecule is CCNC(=NCc1ccc(CN2CCCCC2)cc1)NCCc1nnc2ccccn12.I. The largest absolute Gasteiger partial charge is 0.357 e. The molecule has 1 aliphatic heterocycles. The Morgan fingerprint density at radius 3 is 2.53 bits per heavy atom. The van der Waals surface area contributed by atoms with Gasteiger partial charge in [0.15, 0.2) is 11.6 Å². The molecule has 2 N–H and O–H groups in total. The second-order valence-electron chi connectivity index (χ2n) is 8.07. The van der Waals surface area contributed by atoms with Gasteiger partial charge in [-0.05, 0) is 56.1 Å². The Morgan fingerprint density at radius 2 is 1.75 bits per heavy atom. The van der Waals surface area contributed by atoms with Crippen LogP contribution in [0.15, 0.2) is 53.7 Å². The number of aliphatic imine (C=N–C) groups is 1. The third-order valence-electron chi connectivity index (χ3n) is 5.67. The van der Waals surface area contributed by atoms with Crippen LogP contribution in [-0.4, -0.2) is 51.6 Å². The highest BCUT2D eigenvalue weighted by atomic mass is 127. The molecule has 2 aromatic heterocycles. The zero-order valence-corrected chi connectivity index (χ0v) is 21.2. The fraction of sp³-hybridized carbons (Fsp3) is 0.458. The average molecular weight is 547 g/mol. The van der Waals surface area contributed by atoms with Crippen LogP contribution in [0, 0.1) is 0 Å². The van der Waals surface area contributed by atoms with Gasteiger partial charge in [-0.15, -0.1) is 34.2 Å². The number of rotatable bonds is 8. The monoisotopic (exact) mass is 547 g/mol. The van der Waals surface area contributed by atoms with E-state index in [4.69, 9.17) is 4.99 Å². The van der Waals surface area contributed by atoms with Crippen molar-refractivity contribution in [1.29, 1.82) is 0 Å². The summed E-state index contributed by atoms with van der Waals surface area (Å²) in [6.07, 6.45) is 6.82. The predicted octanol–water partition coefficient (Wildman–Crippen LogP) is 3.63. The lowest BCUT2D eigenvalue weighted by Gasteiger charge is -2.26. The third-order valence-corrected chi connectivity index (χ3v) is 5.67. The van der Waals surface area contributed by atoms with Gasteiger partial charge in [-0.1, -0.05) is 36.8 Å². The van der Waals surface area contributed by atoms with Gasteiger partial charge in [0, 0.05) is 32.3 Å². The Bertz CT molecular complexity index is 977. The second-order valence-corrected chi connectivity index (χ2v) is 8.07. The second kappa shape index (κ2) is 12.7. The molecule has 172 valence electrons. The van der Waals surface area contributed by atoms with Gasteiger partial charge in [-0.25, -0.2) is 4.99 Å². The fourth-order valence-corrected chi connectivity index (χ4v) is 3.99. The summed E-state index contributed by atoms with van der Waals surface area (Å²) in [5.74, 6) is 1.77. The molecule has 0 unspecified atom stereocenters. The number of piperidine rings is 1. The summed E-state index contributed by atoms with van der Waals surface area (Å²) in [5.41, 5.74) is 3.49. The van der Waals surface area contributed by atoms with Crippen LogP contribution < -0.4 is 10.6 Å². The number of aromatic nitrogens is 3. The molecule has 1 aliphatic rings. The number of hydrogen-bond donors (Lipinski definition) is 2. The van der Waals surface area contributed by atoms with Gasteiger partial charge in [0.25, 0.3) is 0 Å². The van der Waals surface area contributed by atoms with Crippen LogP contribution in [0.1, 0.15) is 43.1 Å². The van der Waals surface area contributed by atoms with Gasteiger partial charge < -0.3 is 10.6 Å². The van der Waals surface area contributed by atoms with E-state index in [2.05, 4.69) is 56.9 Å². The normalized spacial score (nSPS) is 14.8. The van der Waals surface area contributed by atoms with Crippen molar-refractivity contribution in [3.8, 4) is 0 Å². The summed E-state index contributed by atoms with van der Waals surface area (Å²) < 4.78 is 2.02. The highest BCUT2D eigenvalue weighted by molar-refractivity contribution is 14.0. The molecule has 1 fully saturated rings. The number of benzene rings is 1. The van der Waals surface area contributed by atoms with Gasteiger partial charge in [0.05, 0.1) is 6.54 Å². The van der Waals surface area contributed by atoms with E-state index in [-0.39, 0.29) is 24.0 Å². The van der Waals surface area contributed by atoms with E-state index in [0.29, 0.717) is 6.54 Å². The van der Waals surface area contributed by atoms with Gasteiger partial charge in [0.2, 0.25) is 0 Å². The molecular weight excluding hydrogens is 513 g/mol. The van der Waals surface area contributed by atoms with E-state index < -0.39 is 0 Å². The van der Waals surface area contributed by atoms with Crippen LogP contribution in [0.2, 0.25) is 0 Å². The minimum Gasteiger partial charge on any atom is -0.357 e. The van der Waals surface area contributed by atoms with Crippen molar-refractivity contribution in [3.05, 3.63) is 65.6 Å². The number of hydrogen-bond acceptors (Lipinski definition) is 4. The molecule has 0 atom stereocenters. The maximum absolute atomic E-state index is 4.75. The molecular formula is C24H34IN7. The summed E-state index contributed by atoms with van der Waals surface area (Å²) >= 11 is 0. The van der Waals surface area contributed by atoms with E-state index in [1.807, 2.05) is 28.8 Å². The first-order valence-electron chi connectivity index (χ1n) is 11.4. The minimum absolute atomic E-state index is 0. The van der Waals surface area contributed by atoms with Gasteiger partial charge >= 0.3 is 0 Å². The molecule has 32 heavy (non-hydrogen) atoms. The number of likely N-dealkylation sites (tertiary alicyclic amines) is 1. The molecule has 0 amide bonds. The van der Waals surface area contributed by atoms with Gasteiger partial charge in [-0.2, -0.15) is 0 Å². The standard InChI is InChI=1S/C24H33N7.HI/c1-2-25-24(26-14-13-23-29-28-22-8-4-7-17-31(22)23)27-18-20-9-11-21(12-10-20)19-30-15-5-3-6-16-30;/h4,7-12,17H,2-3,5-6,13-16,18-19H2,1H3,(H2,25,26,27);1H. The van der Waals surface area contributed by atoms with Crippen molar-refractivity contribution in [2.75, 3.05) is 26.2 Å². The molecule has 0 bridgehead atoms. The summed E-state index contributed by atoms with van der Waals surface area (Å²) in [5, 5.41) is 15.2. The Balaban J connectivity index is 0.00000289. The van der Waals surface area contributed by atoms with Crippen molar-refractivity contribution >= 4 is 35.6 Å². The zero-order chi connectivity index (χ0) is 21.3. The molecule has 0 aliphatic carbocycles. The lowest BCUT2D eigenvalue weighted by molar-refractivity contribution is 0.221. The predicted molar refractivity (Wildman–Crippen MR) is 140 cm³/mol. The number of fused-ring (bicyclic) bond motifs is 1. The highest BCUT2D eigenvalue weighted by Crippen LogP contribution is 2.14. The first-order chi connectivity index (χ1) is 15.3. The topological polar surface area (TPSA) is 69.8 Å². The summed E-state index contributed by atoms with van der Waals surface area (Å²) in [7, 11) is 0. The number of guanidine groups is 1. The number of nitrogens with zero attached hydrogens (tertiary/aromatic N) is 5. The molecule has 7 nitrogen and oxygen atoms in total. The number of pyridine rings is 1. The number of halogens is 1. The van der Waals surface area contributed by atoms with E-state index in [0.717, 1.165) is 43.5 Å². The quantitative estimate of drug-likeness (QED) is 0.256. The van der Waals surface area contributed by atoms with Gasteiger partial charge in [0.1, 0.15) is 5.82 Å². The lowest BCUT2D eigenvalue weighted by atomic mass is 10.1. The van der Waals surface area contributed by atoms with Crippen molar-refractivity contribution in [2.24, 2.45) is 4.99 Å². The fourth-order valence-electron chi connectivity index (χ4n) is 3.99. The maximum atomic E-state index is 4.75. The molecule has 0 spiro atoms. The Labute approximate surface area is 207 Å². The van der Waals surface area contributed by atoms with Crippen molar-refractivity contribution in [1.82, 2.24) is 30.1 Å². The van der Waals surface area contributed by atoms with Crippen molar-refractivity contribution < 1.29 is 0 Å². The van der Waals surface area contributed by atoms with E-state index in [1.165, 1.54) is 43.5 Å². The maximum Gasteiger partial charge on any atom is 0.191 e. The Hall–Kier alpha value is -2.20. The van der Waals surface area contributed by atoms with E-state index >= 15 is 0 Å². The first kappa shape index (κ1) is 24.4. The molecule has 1 aromatic carbocycles. The molecule has 4 rings (SSSR count). The van der Waals surface area contributed by atoms with Gasteiger partial charge in [-0.3, -0.25) is 9.30 Å². The van der Waals surface area contributed by atoms with Crippen molar-refractivity contribution in [3.63, 3.8) is 0 Å². The van der Waals surface area contributed by atoms with Crippen LogP contribution in [0.4, 0.5) is 0 Å². The molecule has 1 saturated heterocycles. The van der Waals surface area contributed by atoms with Crippen LogP contribution in [0.25, 0.3) is 5.65 Å². The molecule has 3 aromatic rings. The average Bonchev–Trinajstić information content (AvgIpc) is 3.22. The van der Waals surface area contributed by atoms with Crippen LogP contribution >= 0.6 is 24.0 Å². The molecule has 3 heterocycles. The Kier molecular flexibility index (Phi) is 9.73. The summed E-state index contributed by atoms with van der Waals surface area (Å²) in [6.45, 7) is 7.84. The van der Waals surface area contributed by atoms with Crippen LogP contribution in [-0.2, 0) is 19.5 Å². The van der Waals surface area contributed by atoms with Crippen molar-refractivity contribution in [2.45, 2.75) is 45.7 Å². The highest BCUT2D eigenvalue weighted by Gasteiger charge is 2.10. The first-order valence-corrected chi connectivity index (χ1v) is 11.4. The molecule has 0 radical (unpaired) electrons.